The molecule has 0 heterocycles. The Labute approximate surface area is 95.3 Å². The molecular weight excluding hydrogens is 184 g/mol. The summed E-state index contributed by atoms with van der Waals surface area (Å²) in [5.74, 6) is 2.29. The zero-order chi connectivity index (χ0) is 11.3. The molecule has 0 radical (unpaired) electrons. The van der Waals surface area contributed by atoms with Crippen molar-refractivity contribution in [2.75, 3.05) is 0 Å². The van der Waals surface area contributed by atoms with E-state index in [9.17, 15) is 5.11 Å². The molecule has 15 heavy (non-hydrogen) atoms. The maximum atomic E-state index is 10.1. The lowest BCUT2D eigenvalue weighted by atomic mass is 9.93. The van der Waals surface area contributed by atoms with Gasteiger partial charge in [0.05, 0.1) is 6.10 Å². The van der Waals surface area contributed by atoms with Crippen LogP contribution in [-0.4, -0.2) is 11.2 Å². The summed E-state index contributed by atoms with van der Waals surface area (Å²) >= 11 is 0. The van der Waals surface area contributed by atoms with Gasteiger partial charge in [0.1, 0.15) is 0 Å². The van der Waals surface area contributed by atoms with Crippen molar-refractivity contribution in [3.05, 3.63) is 0 Å². The largest absolute Gasteiger partial charge is 0.393 e. The first-order chi connectivity index (χ1) is 7.13. The van der Waals surface area contributed by atoms with Gasteiger partial charge in [-0.05, 0) is 37.0 Å². The van der Waals surface area contributed by atoms with Crippen LogP contribution in [0.2, 0.25) is 0 Å². The number of hydrogen-bond donors (Lipinski definition) is 1. The molecule has 3 unspecified atom stereocenters. The molecule has 0 aliphatic heterocycles. The molecule has 0 aromatic heterocycles. The second-order valence-corrected chi connectivity index (χ2v) is 5.74. The number of hydrogen-bond acceptors (Lipinski definition) is 1. The Hall–Kier alpha value is -0.0400. The van der Waals surface area contributed by atoms with Gasteiger partial charge in [-0.2, -0.15) is 0 Å². The van der Waals surface area contributed by atoms with Crippen LogP contribution in [0.3, 0.4) is 0 Å². The van der Waals surface area contributed by atoms with Gasteiger partial charge in [-0.3, -0.25) is 0 Å². The molecular formula is C14H28O. The third-order valence-electron chi connectivity index (χ3n) is 3.98. The van der Waals surface area contributed by atoms with Crippen LogP contribution >= 0.6 is 0 Å². The zero-order valence-corrected chi connectivity index (χ0v) is 10.7. The fraction of sp³-hybridized carbons (Fsp3) is 1.00. The molecule has 1 aliphatic carbocycles. The fourth-order valence-corrected chi connectivity index (χ4v) is 2.80. The van der Waals surface area contributed by atoms with E-state index in [1.165, 1.54) is 38.5 Å². The quantitative estimate of drug-likeness (QED) is 0.705. The molecule has 1 heteroatoms. The summed E-state index contributed by atoms with van der Waals surface area (Å²) in [7, 11) is 0. The van der Waals surface area contributed by atoms with Gasteiger partial charge < -0.3 is 5.11 Å². The Balaban J connectivity index is 2.14. The predicted molar refractivity (Wildman–Crippen MR) is 65.8 cm³/mol. The zero-order valence-electron chi connectivity index (χ0n) is 10.7. The second kappa shape index (κ2) is 6.52. The summed E-state index contributed by atoms with van der Waals surface area (Å²) < 4.78 is 0. The summed E-state index contributed by atoms with van der Waals surface area (Å²) in [4.78, 5) is 0. The van der Waals surface area contributed by atoms with E-state index in [2.05, 4.69) is 20.8 Å². The van der Waals surface area contributed by atoms with E-state index in [4.69, 9.17) is 0 Å². The Kier molecular flexibility index (Phi) is 5.66. The van der Waals surface area contributed by atoms with Gasteiger partial charge >= 0.3 is 0 Å². The van der Waals surface area contributed by atoms with Gasteiger partial charge in [-0.1, -0.05) is 46.5 Å². The SMILES string of the molecule is CCC1CCC(C(O)CCCC(C)C)C1. The van der Waals surface area contributed by atoms with E-state index in [-0.39, 0.29) is 6.10 Å². The molecule has 1 rings (SSSR count). The minimum Gasteiger partial charge on any atom is -0.393 e. The third-order valence-corrected chi connectivity index (χ3v) is 3.98. The molecule has 1 saturated carbocycles. The highest BCUT2D eigenvalue weighted by molar-refractivity contribution is 4.79. The van der Waals surface area contributed by atoms with E-state index in [0.29, 0.717) is 5.92 Å². The third kappa shape index (κ3) is 4.55. The highest BCUT2D eigenvalue weighted by atomic mass is 16.3. The predicted octanol–water partition coefficient (Wildman–Crippen LogP) is 4.00. The van der Waals surface area contributed by atoms with Gasteiger partial charge in [-0.25, -0.2) is 0 Å². The van der Waals surface area contributed by atoms with Gasteiger partial charge in [-0.15, -0.1) is 0 Å². The molecule has 1 fully saturated rings. The highest BCUT2D eigenvalue weighted by Gasteiger charge is 2.28. The van der Waals surface area contributed by atoms with Crippen LogP contribution in [0.15, 0.2) is 0 Å². The Morgan fingerprint density at radius 3 is 2.47 bits per heavy atom. The van der Waals surface area contributed by atoms with Gasteiger partial charge in [0, 0.05) is 0 Å². The topological polar surface area (TPSA) is 20.2 Å². The van der Waals surface area contributed by atoms with Crippen LogP contribution in [-0.2, 0) is 0 Å². The van der Waals surface area contributed by atoms with E-state index >= 15 is 0 Å². The Morgan fingerprint density at radius 1 is 1.20 bits per heavy atom. The summed E-state index contributed by atoms with van der Waals surface area (Å²) in [5.41, 5.74) is 0. The molecule has 0 aromatic carbocycles. The Bertz CT molecular complexity index is 165. The lowest BCUT2D eigenvalue weighted by Crippen LogP contribution is -2.18. The van der Waals surface area contributed by atoms with Crippen molar-refractivity contribution in [2.24, 2.45) is 17.8 Å². The minimum atomic E-state index is -0.0136. The smallest absolute Gasteiger partial charge is 0.0568 e. The Morgan fingerprint density at radius 2 is 1.93 bits per heavy atom. The van der Waals surface area contributed by atoms with Crippen molar-refractivity contribution in [3.8, 4) is 0 Å². The first kappa shape index (κ1) is 13.0. The monoisotopic (exact) mass is 212 g/mol. The maximum absolute atomic E-state index is 10.1. The van der Waals surface area contributed by atoms with E-state index in [1.54, 1.807) is 0 Å². The van der Waals surface area contributed by atoms with Crippen molar-refractivity contribution < 1.29 is 5.11 Å². The molecule has 0 aromatic rings. The molecule has 0 saturated heterocycles. The van der Waals surface area contributed by atoms with E-state index < -0.39 is 0 Å². The van der Waals surface area contributed by atoms with Crippen molar-refractivity contribution in [2.45, 2.75) is 71.8 Å². The second-order valence-electron chi connectivity index (χ2n) is 5.74. The summed E-state index contributed by atoms with van der Waals surface area (Å²) in [6, 6.07) is 0. The van der Waals surface area contributed by atoms with Crippen LogP contribution in [0.5, 0.6) is 0 Å². The van der Waals surface area contributed by atoms with Gasteiger partial charge in [0.15, 0.2) is 0 Å². The minimum absolute atomic E-state index is 0.0136. The summed E-state index contributed by atoms with van der Waals surface area (Å²) in [5, 5.41) is 10.1. The van der Waals surface area contributed by atoms with Crippen molar-refractivity contribution in [1.29, 1.82) is 0 Å². The fourth-order valence-electron chi connectivity index (χ4n) is 2.80. The lowest BCUT2D eigenvalue weighted by Gasteiger charge is -2.18. The molecule has 90 valence electrons. The van der Waals surface area contributed by atoms with Crippen LogP contribution in [0, 0.1) is 17.8 Å². The van der Waals surface area contributed by atoms with Crippen molar-refractivity contribution >= 4 is 0 Å². The van der Waals surface area contributed by atoms with Crippen LogP contribution in [0.1, 0.15) is 65.7 Å². The van der Waals surface area contributed by atoms with Crippen molar-refractivity contribution in [3.63, 3.8) is 0 Å². The van der Waals surface area contributed by atoms with E-state index in [1.807, 2.05) is 0 Å². The van der Waals surface area contributed by atoms with E-state index in [0.717, 1.165) is 18.3 Å². The molecule has 1 nitrogen and oxygen atoms in total. The van der Waals surface area contributed by atoms with Gasteiger partial charge in [0.2, 0.25) is 0 Å². The van der Waals surface area contributed by atoms with Crippen LogP contribution in [0.25, 0.3) is 0 Å². The average molecular weight is 212 g/mol. The standard InChI is InChI=1S/C14H28O/c1-4-12-8-9-13(10-12)14(15)7-5-6-11(2)3/h11-15H,4-10H2,1-3H3. The van der Waals surface area contributed by atoms with Crippen LogP contribution < -0.4 is 0 Å². The van der Waals surface area contributed by atoms with Crippen LogP contribution in [0.4, 0.5) is 0 Å². The lowest BCUT2D eigenvalue weighted by molar-refractivity contribution is 0.0958. The molecule has 0 amide bonds. The molecule has 1 aliphatic rings. The first-order valence-electron chi connectivity index (χ1n) is 6.81. The summed E-state index contributed by atoms with van der Waals surface area (Å²) in [6.07, 6.45) is 8.67. The van der Waals surface area contributed by atoms with Crippen molar-refractivity contribution in [1.82, 2.24) is 0 Å². The van der Waals surface area contributed by atoms with Gasteiger partial charge in [0.25, 0.3) is 0 Å². The highest BCUT2D eigenvalue weighted by Crippen LogP contribution is 2.36. The molecule has 3 atom stereocenters. The molecule has 0 spiro atoms. The number of rotatable bonds is 6. The number of aliphatic hydroxyl groups is 1. The molecule has 0 bridgehead atoms. The average Bonchev–Trinajstić information content (AvgIpc) is 2.65. The first-order valence-corrected chi connectivity index (χ1v) is 6.81. The maximum Gasteiger partial charge on any atom is 0.0568 e. The normalized spacial score (nSPS) is 28.6. The molecule has 1 N–H and O–H groups in total. The summed E-state index contributed by atoms with van der Waals surface area (Å²) in [6.45, 7) is 6.79. The number of aliphatic hydroxyl groups excluding tert-OH is 1.